The maximum Gasteiger partial charge on any atom is 0.306 e. The molecule has 2 N–H and O–H groups in total. The van der Waals surface area contributed by atoms with Gasteiger partial charge in [0.25, 0.3) is 0 Å². The molecule has 1 saturated carbocycles. The largest absolute Gasteiger partial charge is 0.481 e. The molecule has 0 aromatic rings. The SMILES string of the molecule is CC1CCCC(C)N1C(=O)CNC1CCCC(C(=O)O)C1. The Morgan fingerprint density at radius 3 is 2.33 bits per heavy atom. The van der Waals surface area contributed by atoms with Crippen LogP contribution in [0.15, 0.2) is 0 Å². The lowest BCUT2D eigenvalue weighted by Gasteiger charge is -2.39. The molecular formula is C16H28N2O3. The summed E-state index contributed by atoms with van der Waals surface area (Å²) in [5, 5.41) is 12.4. The van der Waals surface area contributed by atoms with Crippen molar-refractivity contribution in [1.29, 1.82) is 0 Å². The lowest BCUT2D eigenvalue weighted by Crippen LogP contribution is -2.51. The highest BCUT2D eigenvalue weighted by Crippen LogP contribution is 2.25. The van der Waals surface area contributed by atoms with Gasteiger partial charge in [0, 0.05) is 18.1 Å². The van der Waals surface area contributed by atoms with Gasteiger partial charge < -0.3 is 15.3 Å². The van der Waals surface area contributed by atoms with Crippen LogP contribution in [0.2, 0.25) is 0 Å². The second-order valence-electron chi connectivity index (χ2n) is 6.71. The third kappa shape index (κ3) is 4.19. The van der Waals surface area contributed by atoms with Crippen molar-refractivity contribution < 1.29 is 14.7 Å². The second kappa shape index (κ2) is 7.25. The first-order valence-electron chi connectivity index (χ1n) is 8.26. The van der Waals surface area contributed by atoms with Crippen LogP contribution in [0.1, 0.15) is 58.8 Å². The zero-order valence-electron chi connectivity index (χ0n) is 13.2. The van der Waals surface area contributed by atoms with Gasteiger partial charge in [-0.25, -0.2) is 0 Å². The minimum atomic E-state index is -0.703. The van der Waals surface area contributed by atoms with Crippen LogP contribution in [0.5, 0.6) is 0 Å². The number of aliphatic carboxylic acids is 1. The molecule has 4 unspecified atom stereocenters. The lowest BCUT2D eigenvalue weighted by molar-refractivity contribution is -0.143. The van der Waals surface area contributed by atoms with E-state index in [1.54, 1.807) is 0 Å². The van der Waals surface area contributed by atoms with Crippen LogP contribution in [-0.4, -0.2) is 46.6 Å². The standard InChI is InChI=1S/C16H28N2O3/c1-11-5-3-6-12(2)18(11)15(19)10-17-14-8-4-7-13(9-14)16(20)21/h11-14,17H,3-10H2,1-2H3,(H,20,21). The number of hydrogen-bond donors (Lipinski definition) is 2. The van der Waals surface area contributed by atoms with E-state index < -0.39 is 5.97 Å². The Balaban J connectivity index is 1.81. The summed E-state index contributed by atoms with van der Waals surface area (Å²) >= 11 is 0. The van der Waals surface area contributed by atoms with E-state index in [4.69, 9.17) is 5.11 Å². The highest BCUT2D eigenvalue weighted by atomic mass is 16.4. The molecule has 0 bridgehead atoms. The minimum absolute atomic E-state index is 0.159. The first-order chi connectivity index (χ1) is 9.99. The molecule has 2 rings (SSSR count). The molecule has 5 heteroatoms. The first kappa shape index (κ1) is 16.3. The van der Waals surface area contributed by atoms with Crippen molar-refractivity contribution in [2.24, 2.45) is 5.92 Å². The highest BCUT2D eigenvalue weighted by Gasteiger charge is 2.30. The van der Waals surface area contributed by atoms with Crippen molar-refractivity contribution in [3.63, 3.8) is 0 Å². The fourth-order valence-corrected chi connectivity index (χ4v) is 3.84. The quantitative estimate of drug-likeness (QED) is 0.832. The first-order valence-corrected chi connectivity index (χ1v) is 8.26. The predicted octanol–water partition coefficient (Wildman–Crippen LogP) is 2.01. The van der Waals surface area contributed by atoms with Gasteiger partial charge in [-0.05, 0) is 52.4 Å². The summed E-state index contributed by atoms with van der Waals surface area (Å²) in [4.78, 5) is 25.5. The minimum Gasteiger partial charge on any atom is -0.481 e. The molecule has 5 nitrogen and oxygen atoms in total. The van der Waals surface area contributed by atoms with E-state index in [0.29, 0.717) is 25.0 Å². The van der Waals surface area contributed by atoms with E-state index >= 15 is 0 Å². The predicted molar refractivity (Wildman–Crippen MR) is 81.0 cm³/mol. The number of nitrogens with zero attached hydrogens (tertiary/aromatic N) is 1. The molecule has 2 aliphatic rings. The number of carboxylic acid groups (broad SMARTS) is 1. The summed E-state index contributed by atoms with van der Waals surface area (Å²) < 4.78 is 0. The lowest BCUT2D eigenvalue weighted by atomic mass is 9.86. The molecule has 0 aromatic carbocycles. The van der Waals surface area contributed by atoms with E-state index in [2.05, 4.69) is 19.2 Å². The molecule has 1 amide bonds. The van der Waals surface area contributed by atoms with Gasteiger partial charge in [-0.1, -0.05) is 6.42 Å². The summed E-state index contributed by atoms with van der Waals surface area (Å²) in [7, 11) is 0. The number of rotatable bonds is 4. The number of carbonyl (C=O) groups is 2. The number of piperidine rings is 1. The highest BCUT2D eigenvalue weighted by molar-refractivity contribution is 5.79. The summed E-state index contributed by atoms with van der Waals surface area (Å²) in [6, 6.07) is 0.807. The fourth-order valence-electron chi connectivity index (χ4n) is 3.84. The van der Waals surface area contributed by atoms with Crippen molar-refractivity contribution in [2.45, 2.75) is 76.9 Å². The Morgan fingerprint density at radius 2 is 1.71 bits per heavy atom. The number of nitrogens with one attached hydrogen (secondary N) is 1. The monoisotopic (exact) mass is 296 g/mol. The summed E-state index contributed by atoms with van der Waals surface area (Å²) in [6.07, 6.45) is 6.68. The number of carboxylic acids is 1. The van der Waals surface area contributed by atoms with Gasteiger partial charge in [0.2, 0.25) is 5.91 Å². The third-order valence-corrected chi connectivity index (χ3v) is 5.05. The Morgan fingerprint density at radius 1 is 1.10 bits per heavy atom. The smallest absolute Gasteiger partial charge is 0.306 e. The van der Waals surface area contributed by atoms with E-state index in [1.807, 2.05) is 4.90 Å². The summed E-state index contributed by atoms with van der Waals surface area (Å²) in [5.74, 6) is -0.794. The maximum atomic E-state index is 12.4. The topological polar surface area (TPSA) is 69.6 Å². The number of likely N-dealkylation sites (tertiary alicyclic amines) is 1. The van der Waals surface area contributed by atoms with Crippen molar-refractivity contribution in [3.05, 3.63) is 0 Å². The number of hydrogen-bond acceptors (Lipinski definition) is 3. The van der Waals surface area contributed by atoms with E-state index in [1.165, 1.54) is 6.42 Å². The van der Waals surface area contributed by atoms with Crippen LogP contribution in [0, 0.1) is 5.92 Å². The number of amides is 1. The van der Waals surface area contributed by atoms with Gasteiger partial charge in [0.1, 0.15) is 0 Å². The molecular weight excluding hydrogens is 268 g/mol. The number of carbonyl (C=O) groups excluding carboxylic acids is 1. The fraction of sp³-hybridized carbons (Fsp3) is 0.875. The zero-order valence-corrected chi connectivity index (χ0v) is 13.2. The average Bonchev–Trinajstić information content (AvgIpc) is 2.45. The van der Waals surface area contributed by atoms with Gasteiger partial charge in [0.05, 0.1) is 12.5 Å². The van der Waals surface area contributed by atoms with Crippen molar-refractivity contribution >= 4 is 11.9 Å². The Labute approximate surface area is 127 Å². The van der Waals surface area contributed by atoms with Crippen LogP contribution < -0.4 is 5.32 Å². The summed E-state index contributed by atoms with van der Waals surface area (Å²) in [5.41, 5.74) is 0. The van der Waals surface area contributed by atoms with Crippen molar-refractivity contribution in [2.75, 3.05) is 6.54 Å². The maximum absolute atomic E-state index is 12.4. The van der Waals surface area contributed by atoms with Gasteiger partial charge >= 0.3 is 5.97 Å². The molecule has 0 radical (unpaired) electrons. The molecule has 4 atom stereocenters. The second-order valence-corrected chi connectivity index (χ2v) is 6.71. The van der Waals surface area contributed by atoms with Crippen molar-refractivity contribution in [1.82, 2.24) is 10.2 Å². The van der Waals surface area contributed by atoms with Crippen LogP contribution in [0.3, 0.4) is 0 Å². The van der Waals surface area contributed by atoms with Crippen molar-refractivity contribution in [3.8, 4) is 0 Å². The molecule has 0 spiro atoms. The molecule has 1 aliphatic carbocycles. The molecule has 2 fully saturated rings. The zero-order chi connectivity index (χ0) is 15.4. The average molecular weight is 296 g/mol. The summed E-state index contributed by atoms with van der Waals surface area (Å²) in [6.45, 7) is 4.58. The normalized spacial score (nSPS) is 33.7. The van der Waals surface area contributed by atoms with Crippen LogP contribution in [-0.2, 0) is 9.59 Å². The Bertz CT molecular complexity index is 376. The van der Waals surface area contributed by atoms with Gasteiger partial charge in [-0.3, -0.25) is 9.59 Å². The molecule has 1 aliphatic heterocycles. The van der Waals surface area contributed by atoms with Crippen LogP contribution in [0.25, 0.3) is 0 Å². The Hall–Kier alpha value is -1.10. The molecule has 0 aromatic heterocycles. The van der Waals surface area contributed by atoms with E-state index in [9.17, 15) is 9.59 Å². The molecule has 1 heterocycles. The third-order valence-electron chi connectivity index (χ3n) is 5.05. The Kier molecular flexibility index (Phi) is 5.62. The van der Waals surface area contributed by atoms with Crippen LogP contribution >= 0.6 is 0 Å². The van der Waals surface area contributed by atoms with Gasteiger partial charge in [0.15, 0.2) is 0 Å². The van der Waals surface area contributed by atoms with Gasteiger partial charge in [-0.15, -0.1) is 0 Å². The van der Waals surface area contributed by atoms with E-state index in [0.717, 1.165) is 32.1 Å². The molecule has 21 heavy (non-hydrogen) atoms. The molecule has 1 saturated heterocycles. The molecule has 120 valence electrons. The van der Waals surface area contributed by atoms with E-state index in [-0.39, 0.29) is 17.9 Å². The van der Waals surface area contributed by atoms with Gasteiger partial charge in [-0.2, -0.15) is 0 Å². The van der Waals surface area contributed by atoms with Crippen LogP contribution in [0.4, 0.5) is 0 Å².